The van der Waals surface area contributed by atoms with E-state index in [2.05, 4.69) is 15.1 Å². The molecule has 3 aromatic rings. The molecule has 0 aliphatic carbocycles. The number of aromatic nitrogens is 5. The quantitative estimate of drug-likeness (QED) is 0.693. The highest BCUT2D eigenvalue weighted by Gasteiger charge is 2.13. The number of aryl methyl sites for hydroxylation is 2. The molecule has 0 saturated carbocycles. The van der Waals surface area contributed by atoms with Crippen molar-refractivity contribution in [3.63, 3.8) is 0 Å². The summed E-state index contributed by atoms with van der Waals surface area (Å²) in [6, 6.07) is 4.57. The zero-order valence-electron chi connectivity index (χ0n) is 10.9. The van der Waals surface area contributed by atoms with Gasteiger partial charge in [0.15, 0.2) is 5.82 Å². The molecule has 2 aromatic heterocycles. The Hall–Kier alpha value is -1.95. The predicted octanol–water partition coefficient (Wildman–Crippen LogP) is 2.13. The van der Waals surface area contributed by atoms with Crippen LogP contribution in [0.2, 0.25) is 0 Å². The second kappa shape index (κ2) is 5.20. The van der Waals surface area contributed by atoms with Gasteiger partial charge in [-0.25, -0.2) is 14.4 Å². The largest absolute Gasteiger partial charge is 0.320 e. The van der Waals surface area contributed by atoms with Gasteiger partial charge in [-0.15, -0.1) is 11.6 Å². The molecule has 0 aliphatic heterocycles. The Morgan fingerprint density at radius 1 is 1.35 bits per heavy atom. The van der Waals surface area contributed by atoms with Crippen LogP contribution in [-0.2, 0) is 20.0 Å². The maximum absolute atomic E-state index is 13.3. The summed E-state index contributed by atoms with van der Waals surface area (Å²) in [7, 11) is 1.82. The van der Waals surface area contributed by atoms with Crippen LogP contribution in [0.15, 0.2) is 24.5 Å². The molecular formula is C13H13ClFN5. The van der Waals surface area contributed by atoms with Gasteiger partial charge in [-0.05, 0) is 12.1 Å². The van der Waals surface area contributed by atoms with Crippen molar-refractivity contribution in [3.05, 3.63) is 42.0 Å². The van der Waals surface area contributed by atoms with Crippen LogP contribution in [0.25, 0.3) is 11.0 Å². The molecular weight excluding hydrogens is 281 g/mol. The lowest BCUT2D eigenvalue weighted by molar-refractivity contribution is 0.629. The topological polar surface area (TPSA) is 48.5 Å². The van der Waals surface area contributed by atoms with E-state index in [1.54, 1.807) is 17.1 Å². The minimum Gasteiger partial charge on any atom is -0.320 e. The van der Waals surface area contributed by atoms with E-state index in [0.717, 1.165) is 11.3 Å². The van der Waals surface area contributed by atoms with Crippen molar-refractivity contribution in [2.45, 2.75) is 13.0 Å². The van der Waals surface area contributed by atoms with Gasteiger partial charge in [-0.1, -0.05) is 0 Å². The fourth-order valence-electron chi connectivity index (χ4n) is 2.20. The smallest absolute Gasteiger partial charge is 0.170 e. The van der Waals surface area contributed by atoms with Crippen molar-refractivity contribution in [2.75, 3.05) is 5.88 Å². The van der Waals surface area contributed by atoms with Gasteiger partial charge in [-0.2, -0.15) is 5.10 Å². The van der Waals surface area contributed by atoms with E-state index in [1.165, 1.54) is 12.1 Å². The van der Waals surface area contributed by atoms with Crippen LogP contribution in [0.1, 0.15) is 11.6 Å². The predicted molar refractivity (Wildman–Crippen MR) is 74.2 cm³/mol. The lowest BCUT2D eigenvalue weighted by atomic mass is 10.3. The maximum Gasteiger partial charge on any atom is 0.170 e. The number of hydrogen-bond donors (Lipinski definition) is 0. The lowest BCUT2D eigenvalue weighted by Crippen LogP contribution is -2.07. The highest BCUT2D eigenvalue weighted by molar-refractivity contribution is 6.17. The molecule has 20 heavy (non-hydrogen) atoms. The third-order valence-corrected chi connectivity index (χ3v) is 3.24. The Morgan fingerprint density at radius 2 is 2.20 bits per heavy atom. The first kappa shape index (κ1) is 13.1. The van der Waals surface area contributed by atoms with Crippen molar-refractivity contribution in [1.29, 1.82) is 0 Å². The van der Waals surface area contributed by atoms with E-state index < -0.39 is 0 Å². The van der Waals surface area contributed by atoms with Gasteiger partial charge in [0.1, 0.15) is 18.0 Å². The molecule has 0 bridgehead atoms. The zero-order chi connectivity index (χ0) is 14.1. The molecule has 0 atom stereocenters. The first-order valence-electron chi connectivity index (χ1n) is 6.22. The van der Waals surface area contributed by atoms with E-state index >= 15 is 0 Å². The molecule has 0 N–H and O–H groups in total. The molecule has 2 heterocycles. The Bertz CT molecular complexity index is 748. The molecule has 7 heteroatoms. The summed E-state index contributed by atoms with van der Waals surface area (Å²) in [4.78, 5) is 8.65. The Kier molecular flexibility index (Phi) is 3.40. The van der Waals surface area contributed by atoms with Crippen LogP contribution in [0.4, 0.5) is 4.39 Å². The SMILES string of the molecule is Cn1cnc(Cn2c(CCCl)nc3cc(F)ccc32)n1. The summed E-state index contributed by atoms with van der Waals surface area (Å²) < 4.78 is 16.9. The number of fused-ring (bicyclic) bond motifs is 1. The van der Waals surface area contributed by atoms with E-state index in [9.17, 15) is 4.39 Å². The van der Waals surface area contributed by atoms with Gasteiger partial charge in [-0.3, -0.25) is 4.68 Å². The average Bonchev–Trinajstić information content (AvgIpc) is 2.95. The number of imidazole rings is 1. The first-order valence-corrected chi connectivity index (χ1v) is 6.76. The van der Waals surface area contributed by atoms with Crippen LogP contribution < -0.4 is 0 Å². The number of hydrogen-bond acceptors (Lipinski definition) is 3. The lowest BCUT2D eigenvalue weighted by Gasteiger charge is -2.05. The highest BCUT2D eigenvalue weighted by Crippen LogP contribution is 2.19. The molecule has 0 radical (unpaired) electrons. The third kappa shape index (κ3) is 2.38. The minimum atomic E-state index is -0.296. The molecule has 3 rings (SSSR count). The van der Waals surface area contributed by atoms with Crippen LogP contribution in [0.5, 0.6) is 0 Å². The van der Waals surface area contributed by atoms with Crippen LogP contribution in [0, 0.1) is 5.82 Å². The molecule has 0 aliphatic rings. The molecule has 0 unspecified atom stereocenters. The standard InChI is InChI=1S/C13H13ClFN5/c1-19-8-16-12(18-19)7-20-11-3-2-9(15)6-10(11)17-13(20)4-5-14/h2-3,6,8H,4-5,7H2,1H3. The molecule has 0 amide bonds. The number of nitrogens with zero attached hydrogens (tertiary/aromatic N) is 5. The fourth-order valence-corrected chi connectivity index (χ4v) is 2.37. The van der Waals surface area contributed by atoms with Crippen molar-refractivity contribution >= 4 is 22.6 Å². The van der Waals surface area contributed by atoms with Gasteiger partial charge < -0.3 is 4.57 Å². The number of halogens is 2. The Balaban J connectivity index is 2.08. The summed E-state index contributed by atoms with van der Waals surface area (Å²) in [6.45, 7) is 0.495. The van der Waals surface area contributed by atoms with Crippen molar-refractivity contribution in [2.24, 2.45) is 7.05 Å². The monoisotopic (exact) mass is 293 g/mol. The summed E-state index contributed by atoms with van der Waals surface area (Å²) >= 11 is 5.81. The van der Waals surface area contributed by atoms with E-state index in [-0.39, 0.29) is 5.82 Å². The van der Waals surface area contributed by atoms with E-state index in [0.29, 0.717) is 30.2 Å². The van der Waals surface area contributed by atoms with Crippen molar-refractivity contribution < 1.29 is 4.39 Å². The fraction of sp³-hybridized carbons (Fsp3) is 0.308. The van der Waals surface area contributed by atoms with Gasteiger partial charge in [0.05, 0.1) is 17.6 Å². The third-order valence-electron chi connectivity index (χ3n) is 3.05. The van der Waals surface area contributed by atoms with Crippen molar-refractivity contribution in [1.82, 2.24) is 24.3 Å². The summed E-state index contributed by atoms with van der Waals surface area (Å²) in [5, 5.41) is 4.26. The first-order chi connectivity index (χ1) is 9.67. The number of benzene rings is 1. The molecule has 0 fully saturated rings. The van der Waals surface area contributed by atoms with Gasteiger partial charge in [0, 0.05) is 25.4 Å². The normalized spacial score (nSPS) is 11.3. The molecule has 1 aromatic carbocycles. The van der Waals surface area contributed by atoms with Gasteiger partial charge >= 0.3 is 0 Å². The van der Waals surface area contributed by atoms with Crippen LogP contribution in [0.3, 0.4) is 0 Å². The second-order valence-electron chi connectivity index (χ2n) is 4.52. The number of rotatable bonds is 4. The van der Waals surface area contributed by atoms with E-state index in [4.69, 9.17) is 11.6 Å². The Morgan fingerprint density at radius 3 is 2.90 bits per heavy atom. The molecule has 5 nitrogen and oxygen atoms in total. The molecule has 0 saturated heterocycles. The van der Waals surface area contributed by atoms with Gasteiger partial charge in [0.25, 0.3) is 0 Å². The highest BCUT2D eigenvalue weighted by atomic mass is 35.5. The van der Waals surface area contributed by atoms with Crippen LogP contribution in [-0.4, -0.2) is 30.2 Å². The van der Waals surface area contributed by atoms with Crippen LogP contribution >= 0.6 is 11.6 Å². The second-order valence-corrected chi connectivity index (χ2v) is 4.90. The minimum absolute atomic E-state index is 0.296. The summed E-state index contributed by atoms with van der Waals surface area (Å²) in [5.41, 5.74) is 1.49. The molecule has 104 valence electrons. The average molecular weight is 294 g/mol. The zero-order valence-corrected chi connectivity index (χ0v) is 11.7. The van der Waals surface area contributed by atoms with Crippen molar-refractivity contribution in [3.8, 4) is 0 Å². The van der Waals surface area contributed by atoms with E-state index in [1.807, 2.05) is 11.6 Å². The summed E-state index contributed by atoms with van der Waals surface area (Å²) in [6.07, 6.45) is 2.26. The van der Waals surface area contributed by atoms with Gasteiger partial charge in [0.2, 0.25) is 0 Å². The number of alkyl halides is 1. The molecule has 0 spiro atoms. The summed E-state index contributed by atoms with van der Waals surface area (Å²) in [5.74, 6) is 1.66. The Labute approximate surface area is 120 Å². The maximum atomic E-state index is 13.3.